The minimum absolute atomic E-state index is 0.0880. The number of nitrogens with one attached hydrogen (secondary N) is 1. The van der Waals surface area contributed by atoms with Crippen molar-refractivity contribution in [2.75, 3.05) is 16.0 Å². The topological polar surface area (TPSA) is 49.4 Å². The lowest BCUT2D eigenvalue weighted by molar-refractivity contribution is -0.116. The summed E-state index contributed by atoms with van der Waals surface area (Å²) < 4.78 is 13.7. The minimum atomic E-state index is -0.818. The molecule has 1 heterocycles. The van der Waals surface area contributed by atoms with E-state index >= 15 is 0 Å². The fourth-order valence-electron chi connectivity index (χ4n) is 3.32. The average molecular weight is 441 g/mol. The van der Waals surface area contributed by atoms with E-state index in [-0.39, 0.29) is 17.2 Å². The maximum Gasteiger partial charge on any atom is 0.246 e. The number of hydrogen-bond acceptors (Lipinski definition) is 3. The van der Waals surface area contributed by atoms with E-state index in [0.717, 1.165) is 5.56 Å². The lowest BCUT2D eigenvalue weighted by Crippen LogP contribution is -2.28. The number of amides is 2. The largest absolute Gasteiger partial charge is 0.324 e. The van der Waals surface area contributed by atoms with E-state index in [1.807, 2.05) is 36.4 Å². The van der Waals surface area contributed by atoms with Gasteiger partial charge in [-0.05, 0) is 41.5 Å². The van der Waals surface area contributed by atoms with Gasteiger partial charge < -0.3 is 5.32 Å². The summed E-state index contributed by atoms with van der Waals surface area (Å²) in [6.45, 7) is 0. The highest BCUT2D eigenvalue weighted by Crippen LogP contribution is 2.42. The van der Waals surface area contributed by atoms with Crippen LogP contribution in [-0.4, -0.2) is 17.6 Å². The Bertz CT molecular complexity index is 1080. The van der Waals surface area contributed by atoms with Gasteiger partial charge in [0.25, 0.3) is 0 Å². The van der Waals surface area contributed by atoms with Crippen molar-refractivity contribution in [3.63, 3.8) is 0 Å². The summed E-state index contributed by atoms with van der Waals surface area (Å²) in [5, 5.41) is 1.71. The number of benzene rings is 3. The molecule has 0 spiro atoms. The third kappa shape index (κ3) is 4.35. The van der Waals surface area contributed by atoms with Crippen LogP contribution < -0.4 is 10.2 Å². The second kappa shape index (κ2) is 8.90. The first kappa shape index (κ1) is 20.4. The molecule has 4 rings (SSSR count). The molecule has 1 aliphatic heterocycles. The van der Waals surface area contributed by atoms with Crippen molar-refractivity contribution in [1.29, 1.82) is 0 Å². The van der Waals surface area contributed by atoms with Crippen molar-refractivity contribution < 1.29 is 14.0 Å². The van der Waals surface area contributed by atoms with Crippen LogP contribution in [0, 0.1) is 5.82 Å². The molecular formula is C23H18ClFN2O2S. The van der Waals surface area contributed by atoms with Crippen LogP contribution in [0.25, 0.3) is 0 Å². The molecule has 1 N–H and O–H groups in total. The standard InChI is InChI=1S/C23H18ClFN2O2S/c24-21(15-6-2-1-3-7-15)22(29)26-18-10-4-8-16(12-18)23-27(20(28)14-30-23)19-11-5-9-17(25)13-19/h1-13,21,23H,14H2,(H,26,29). The fourth-order valence-corrected chi connectivity index (χ4v) is 4.69. The highest BCUT2D eigenvalue weighted by Gasteiger charge is 2.34. The zero-order valence-electron chi connectivity index (χ0n) is 15.8. The van der Waals surface area contributed by atoms with Crippen LogP contribution in [0.3, 0.4) is 0 Å². The Morgan fingerprint density at radius 2 is 1.83 bits per heavy atom. The first-order chi connectivity index (χ1) is 14.5. The SMILES string of the molecule is O=C(Nc1cccc(C2SCC(=O)N2c2cccc(F)c2)c1)C(Cl)c1ccccc1. The van der Waals surface area contributed by atoms with Crippen molar-refractivity contribution >= 4 is 46.6 Å². The van der Waals surface area contributed by atoms with Gasteiger partial charge in [-0.3, -0.25) is 14.5 Å². The van der Waals surface area contributed by atoms with Gasteiger partial charge in [0.05, 0.1) is 5.75 Å². The number of thioether (sulfide) groups is 1. The summed E-state index contributed by atoms with van der Waals surface area (Å²) in [6.07, 6.45) is 0. The molecular weight excluding hydrogens is 423 g/mol. The van der Waals surface area contributed by atoms with Gasteiger partial charge in [0.15, 0.2) is 0 Å². The Morgan fingerprint density at radius 3 is 2.60 bits per heavy atom. The summed E-state index contributed by atoms with van der Waals surface area (Å²) >= 11 is 7.76. The summed E-state index contributed by atoms with van der Waals surface area (Å²) in [5.41, 5.74) is 2.63. The van der Waals surface area contributed by atoms with Crippen molar-refractivity contribution in [3.05, 3.63) is 95.8 Å². The highest BCUT2D eigenvalue weighted by molar-refractivity contribution is 8.00. The van der Waals surface area contributed by atoms with Gasteiger partial charge in [0, 0.05) is 11.4 Å². The van der Waals surface area contributed by atoms with Crippen LogP contribution in [0.1, 0.15) is 21.9 Å². The Balaban J connectivity index is 1.55. The van der Waals surface area contributed by atoms with E-state index in [1.54, 1.807) is 35.2 Å². The lowest BCUT2D eigenvalue weighted by atomic mass is 10.1. The van der Waals surface area contributed by atoms with Gasteiger partial charge in [-0.25, -0.2) is 4.39 Å². The highest BCUT2D eigenvalue weighted by atomic mass is 35.5. The van der Waals surface area contributed by atoms with Crippen molar-refractivity contribution in [2.45, 2.75) is 10.8 Å². The number of anilines is 2. The number of hydrogen-bond donors (Lipinski definition) is 1. The smallest absolute Gasteiger partial charge is 0.246 e. The fraction of sp³-hybridized carbons (Fsp3) is 0.130. The molecule has 0 aliphatic carbocycles. The monoisotopic (exact) mass is 440 g/mol. The molecule has 1 fully saturated rings. The molecule has 7 heteroatoms. The Hall–Kier alpha value is -2.83. The molecule has 3 aromatic carbocycles. The lowest BCUT2D eigenvalue weighted by Gasteiger charge is -2.25. The van der Waals surface area contributed by atoms with Crippen LogP contribution in [0.15, 0.2) is 78.9 Å². The molecule has 152 valence electrons. The average Bonchev–Trinajstić information content (AvgIpc) is 3.15. The van der Waals surface area contributed by atoms with Gasteiger partial charge in [-0.1, -0.05) is 48.5 Å². The van der Waals surface area contributed by atoms with Crippen molar-refractivity contribution in [3.8, 4) is 0 Å². The minimum Gasteiger partial charge on any atom is -0.324 e. The zero-order valence-corrected chi connectivity index (χ0v) is 17.4. The van der Waals surface area contributed by atoms with Gasteiger partial charge in [0.1, 0.15) is 16.6 Å². The van der Waals surface area contributed by atoms with E-state index < -0.39 is 11.2 Å². The quantitative estimate of drug-likeness (QED) is 0.531. The molecule has 0 bridgehead atoms. The Labute approximate surface area is 183 Å². The molecule has 2 unspecified atom stereocenters. The summed E-state index contributed by atoms with van der Waals surface area (Å²) in [6, 6.07) is 22.4. The maximum atomic E-state index is 13.7. The molecule has 0 saturated carbocycles. The second-order valence-corrected chi connectivity index (χ2v) is 8.30. The van der Waals surface area contributed by atoms with Gasteiger partial charge in [-0.2, -0.15) is 0 Å². The predicted molar refractivity (Wildman–Crippen MR) is 119 cm³/mol. The number of carbonyl (C=O) groups is 2. The van der Waals surface area contributed by atoms with Gasteiger partial charge >= 0.3 is 0 Å². The Morgan fingerprint density at radius 1 is 1.07 bits per heavy atom. The molecule has 0 aromatic heterocycles. The maximum absolute atomic E-state index is 13.7. The van der Waals surface area contributed by atoms with E-state index in [1.165, 1.54) is 23.9 Å². The summed E-state index contributed by atoms with van der Waals surface area (Å²) in [5.74, 6) is -0.520. The summed E-state index contributed by atoms with van der Waals surface area (Å²) in [4.78, 5) is 26.6. The molecule has 2 atom stereocenters. The third-order valence-corrected chi connectivity index (χ3v) is 6.38. The first-order valence-corrected chi connectivity index (χ1v) is 10.8. The van der Waals surface area contributed by atoms with E-state index in [4.69, 9.17) is 11.6 Å². The number of rotatable bonds is 5. The van der Waals surface area contributed by atoms with Gasteiger partial charge in [0.2, 0.25) is 11.8 Å². The zero-order chi connectivity index (χ0) is 21.1. The molecule has 0 radical (unpaired) electrons. The van der Waals surface area contributed by atoms with E-state index in [2.05, 4.69) is 5.32 Å². The third-order valence-electron chi connectivity index (χ3n) is 4.72. The molecule has 3 aromatic rings. The van der Waals surface area contributed by atoms with Crippen LogP contribution in [0.5, 0.6) is 0 Å². The number of halogens is 2. The van der Waals surface area contributed by atoms with E-state index in [0.29, 0.717) is 22.7 Å². The Kier molecular flexibility index (Phi) is 6.06. The van der Waals surface area contributed by atoms with Crippen LogP contribution in [0.4, 0.5) is 15.8 Å². The van der Waals surface area contributed by atoms with Crippen LogP contribution >= 0.6 is 23.4 Å². The van der Waals surface area contributed by atoms with Crippen LogP contribution in [-0.2, 0) is 9.59 Å². The normalized spacial score (nSPS) is 17.1. The molecule has 4 nitrogen and oxygen atoms in total. The molecule has 2 amide bonds. The second-order valence-electron chi connectivity index (χ2n) is 6.79. The number of alkyl halides is 1. The van der Waals surface area contributed by atoms with E-state index in [9.17, 15) is 14.0 Å². The molecule has 1 aliphatic rings. The number of nitrogens with zero attached hydrogens (tertiary/aromatic N) is 1. The van der Waals surface area contributed by atoms with Crippen molar-refractivity contribution in [1.82, 2.24) is 0 Å². The number of carbonyl (C=O) groups excluding carboxylic acids is 2. The van der Waals surface area contributed by atoms with Crippen LogP contribution in [0.2, 0.25) is 0 Å². The summed E-state index contributed by atoms with van der Waals surface area (Å²) in [7, 11) is 0. The van der Waals surface area contributed by atoms with Crippen molar-refractivity contribution in [2.24, 2.45) is 0 Å². The molecule has 1 saturated heterocycles. The first-order valence-electron chi connectivity index (χ1n) is 9.32. The van der Waals surface area contributed by atoms with Gasteiger partial charge in [-0.15, -0.1) is 23.4 Å². The molecule has 30 heavy (non-hydrogen) atoms. The predicted octanol–water partition coefficient (Wildman–Crippen LogP) is 5.52.